The van der Waals surface area contributed by atoms with E-state index in [0.717, 1.165) is 17.9 Å². The smallest absolute Gasteiger partial charge is 0.0438 e. The molecule has 2 heteroatoms. The molecular weight excluding hydrogens is 254 g/mol. The van der Waals surface area contributed by atoms with E-state index < -0.39 is 0 Å². The van der Waals surface area contributed by atoms with E-state index in [-0.39, 0.29) is 0 Å². The lowest BCUT2D eigenvalue weighted by molar-refractivity contribution is 0.694. The average molecular weight is 274 g/mol. The second kappa shape index (κ2) is 6.74. The van der Waals surface area contributed by atoms with Gasteiger partial charge in [0.1, 0.15) is 0 Å². The van der Waals surface area contributed by atoms with Gasteiger partial charge in [-0.3, -0.25) is 0 Å². The number of nitrogens with two attached hydrogens (primary N) is 1. The first-order chi connectivity index (χ1) is 9.24. The Morgan fingerprint density at radius 3 is 2.32 bits per heavy atom. The summed E-state index contributed by atoms with van der Waals surface area (Å²) in [7, 11) is 0. The molecule has 2 aromatic carbocycles. The van der Waals surface area contributed by atoms with Crippen molar-refractivity contribution in [2.24, 2.45) is 5.73 Å². The van der Waals surface area contributed by atoms with Crippen LogP contribution >= 0.6 is 11.6 Å². The molecule has 2 rings (SSSR count). The van der Waals surface area contributed by atoms with Crippen LogP contribution in [0.3, 0.4) is 0 Å². The van der Waals surface area contributed by atoms with E-state index in [0.29, 0.717) is 12.5 Å². The summed E-state index contributed by atoms with van der Waals surface area (Å²) in [4.78, 5) is 0. The van der Waals surface area contributed by atoms with Gasteiger partial charge in [0, 0.05) is 10.9 Å². The molecule has 0 saturated heterocycles. The van der Waals surface area contributed by atoms with Crippen LogP contribution in [0.5, 0.6) is 0 Å². The molecule has 0 aliphatic rings. The highest BCUT2D eigenvalue weighted by atomic mass is 35.5. The Kier molecular flexibility index (Phi) is 5.00. The van der Waals surface area contributed by atoms with Crippen LogP contribution in [0.1, 0.15) is 29.5 Å². The molecule has 0 heterocycles. The van der Waals surface area contributed by atoms with Crippen LogP contribution < -0.4 is 5.73 Å². The zero-order valence-electron chi connectivity index (χ0n) is 11.3. The highest BCUT2D eigenvalue weighted by molar-refractivity contribution is 6.31. The van der Waals surface area contributed by atoms with Crippen molar-refractivity contribution in [3.8, 4) is 0 Å². The maximum absolute atomic E-state index is 6.22. The van der Waals surface area contributed by atoms with E-state index >= 15 is 0 Å². The number of rotatable bonds is 5. The molecule has 0 aliphatic carbocycles. The van der Waals surface area contributed by atoms with Crippen molar-refractivity contribution in [2.75, 3.05) is 6.54 Å². The molecular formula is C17H20ClN. The van der Waals surface area contributed by atoms with E-state index in [4.69, 9.17) is 17.3 Å². The van der Waals surface area contributed by atoms with Crippen LogP contribution in [0, 0.1) is 0 Å². The first-order valence-electron chi connectivity index (χ1n) is 6.77. The van der Waals surface area contributed by atoms with Crippen LogP contribution in [0.25, 0.3) is 0 Å². The fourth-order valence-corrected chi connectivity index (χ4v) is 2.51. The summed E-state index contributed by atoms with van der Waals surface area (Å²) in [5.74, 6) is 0.325. The summed E-state index contributed by atoms with van der Waals surface area (Å²) in [6.07, 6.45) is 1.96. The van der Waals surface area contributed by atoms with Gasteiger partial charge in [-0.2, -0.15) is 0 Å². The third-order valence-electron chi connectivity index (χ3n) is 3.57. The van der Waals surface area contributed by atoms with Crippen LogP contribution in [-0.4, -0.2) is 6.54 Å². The second-order valence-electron chi connectivity index (χ2n) is 4.82. The molecule has 0 amide bonds. The Morgan fingerprint density at radius 1 is 1.05 bits per heavy atom. The van der Waals surface area contributed by atoms with Crippen LogP contribution in [-0.2, 0) is 12.8 Å². The van der Waals surface area contributed by atoms with Crippen LogP contribution in [0.4, 0.5) is 0 Å². The van der Waals surface area contributed by atoms with Crippen molar-refractivity contribution in [3.63, 3.8) is 0 Å². The number of halogens is 1. The molecule has 2 N–H and O–H groups in total. The quantitative estimate of drug-likeness (QED) is 0.869. The zero-order chi connectivity index (χ0) is 13.7. The third-order valence-corrected chi connectivity index (χ3v) is 3.94. The topological polar surface area (TPSA) is 26.0 Å². The number of hydrogen-bond donors (Lipinski definition) is 1. The zero-order valence-corrected chi connectivity index (χ0v) is 12.0. The summed E-state index contributed by atoms with van der Waals surface area (Å²) in [6, 6.07) is 16.7. The fraction of sp³-hybridized carbons (Fsp3) is 0.294. The Labute approximate surface area is 120 Å². The largest absolute Gasteiger partial charge is 0.330 e. The first-order valence-corrected chi connectivity index (χ1v) is 7.14. The molecule has 2 aromatic rings. The third kappa shape index (κ3) is 3.59. The molecule has 100 valence electrons. The van der Waals surface area contributed by atoms with Gasteiger partial charge in [0.2, 0.25) is 0 Å². The molecule has 1 nitrogen and oxygen atoms in total. The van der Waals surface area contributed by atoms with E-state index in [1.807, 2.05) is 18.2 Å². The minimum absolute atomic E-state index is 0.325. The van der Waals surface area contributed by atoms with Gasteiger partial charge in [-0.1, -0.05) is 61.0 Å². The van der Waals surface area contributed by atoms with Gasteiger partial charge in [-0.25, -0.2) is 0 Å². The highest BCUT2D eigenvalue weighted by Gasteiger charge is 2.12. The fourth-order valence-electron chi connectivity index (χ4n) is 2.29. The van der Waals surface area contributed by atoms with Gasteiger partial charge >= 0.3 is 0 Å². The Morgan fingerprint density at radius 2 is 1.74 bits per heavy atom. The van der Waals surface area contributed by atoms with Gasteiger partial charge in [-0.15, -0.1) is 0 Å². The van der Waals surface area contributed by atoms with Gasteiger partial charge in [0.25, 0.3) is 0 Å². The number of benzene rings is 2. The molecule has 0 fully saturated rings. The minimum atomic E-state index is 0.325. The standard InChI is InChI=1S/C17H20ClN/c1-2-13-7-9-14(10-8-13)16(12-19)11-15-5-3-4-6-17(15)18/h3-10,16H,2,11-12,19H2,1H3. The highest BCUT2D eigenvalue weighted by Crippen LogP contribution is 2.24. The molecule has 0 spiro atoms. The summed E-state index contributed by atoms with van der Waals surface area (Å²) in [5, 5.41) is 0.825. The van der Waals surface area contributed by atoms with Crippen molar-refractivity contribution < 1.29 is 0 Å². The van der Waals surface area contributed by atoms with E-state index in [1.165, 1.54) is 16.7 Å². The lowest BCUT2D eigenvalue weighted by atomic mass is 9.91. The minimum Gasteiger partial charge on any atom is -0.330 e. The normalized spacial score (nSPS) is 12.4. The second-order valence-corrected chi connectivity index (χ2v) is 5.23. The monoisotopic (exact) mass is 273 g/mol. The molecule has 0 bridgehead atoms. The Bertz CT molecular complexity index is 519. The van der Waals surface area contributed by atoms with Crippen molar-refractivity contribution >= 4 is 11.6 Å². The predicted molar refractivity (Wildman–Crippen MR) is 82.8 cm³/mol. The molecule has 0 aromatic heterocycles. The van der Waals surface area contributed by atoms with Crippen molar-refractivity contribution in [2.45, 2.75) is 25.7 Å². The molecule has 1 unspecified atom stereocenters. The van der Waals surface area contributed by atoms with Crippen molar-refractivity contribution in [1.82, 2.24) is 0 Å². The van der Waals surface area contributed by atoms with Gasteiger partial charge in [0.15, 0.2) is 0 Å². The average Bonchev–Trinajstić information content (AvgIpc) is 2.47. The van der Waals surface area contributed by atoms with E-state index in [9.17, 15) is 0 Å². The summed E-state index contributed by atoms with van der Waals surface area (Å²) < 4.78 is 0. The SMILES string of the molecule is CCc1ccc(C(CN)Cc2ccccc2Cl)cc1. The first kappa shape index (κ1) is 14.1. The molecule has 1 atom stereocenters. The number of aryl methyl sites for hydroxylation is 1. The molecule has 0 saturated carbocycles. The lowest BCUT2D eigenvalue weighted by Gasteiger charge is -2.16. The Hall–Kier alpha value is -1.31. The molecule has 0 aliphatic heterocycles. The summed E-state index contributed by atoms with van der Waals surface area (Å²) in [5.41, 5.74) is 9.75. The summed E-state index contributed by atoms with van der Waals surface area (Å²) in [6.45, 7) is 2.80. The maximum atomic E-state index is 6.22. The van der Waals surface area contributed by atoms with Crippen molar-refractivity contribution in [1.29, 1.82) is 0 Å². The van der Waals surface area contributed by atoms with Gasteiger partial charge in [-0.05, 0) is 42.1 Å². The predicted octanol–water partition coefficient (Wildman–Crippen LogP) is 4.19. The molecule has 0 radical (unpaired) electrons. The van der Waals surface area contributed by atoms with Crippen LogP contribution in [0.15, 0.2) is 48.5 Å². The van der Waals surface area contributed by atoms with E-state index in [1.54, 1.807) is 0 Å². The summed E-state index contributed by atoms with van der Waals surface area (Å²) >= 11 is 6.22. The lowest BCUT2D eigenvalue weighted by Crippen LogP contribution is -2.15. The number of hydrogen-bond acceptors (Lipinski definition) is 1. The molecule has 19 heavy (non-hydrogen) atoms. The Balaban J connectivity index is 2.17. The van der Waals surface area contributed by atoms with Gasteiger partial charge in [0.05, 0.1) is 0 Å². The van der Waals surface area contributed by atoms with Gasteiger partial charge < -0.3 is 5.73 Å². The maximum Gasteiger partial charge on any atom is 0.0438 e. The van der Waals surface area contributed by atoms with Crippen molar-refractivity contribution in [3.05, 3.63) is 70.2 Å². The van der Waals surface area contributed by atoms with Crippen LogP contribution in [0.2, 0.25) is 5.02 Å². The van der Waals surface area contributed by atoms with E-state index in [2.05, 4.69) is 37.3 Å².